The smallest absolute Gasteiger partial charge is 0.00987 e. The van der Waals surface area contributed by atoms with Crippen LogP contribution in [0.15, 0.2) is 72.8 Å². The van der Waals surface area contributed by atoms with Gasteiger partial charge in [-0.2, -0.15) is 0 Å². The Morgan fingerprint density at radius 1 is 0.375 bits per heavy atom. The summed E-state index contributed by atoms with van der Waals surface area (Å²) in [4.78, 5) is 0. The van der Waals surface area contributed by atoms with Gasteiger partial charge in [0.2, 0.25) is 0 Å². The van der Waals surface area contributed by atoms with E-state index in [1.807, 2.05) is 0 Å². The molecule has 0 saturated carbocycles. The number of hydrogen-bond donors (Lipinski definition) is 0. The van der Waals surface area contributed by atoms with Crippen LogP contribution in [0.1, 0.15) is 11.1 Å². The second kappa shape index (κ2) is 4.82. The largest absolute Gasteiger partial charge is 0.0587 e. The lowest BCUT2D eigenvalue weighted by Crippen LogP contribution is -1.84. The number of rotatable bonds is 0. The Morgan fingerprint density at radius 2 is 0.708 bits per heavy atom. The van der Waals surface area contributed by atoms with Crippen molar-refractivity contribution in [3.8, 4) is 0 Å². The Morgan fingerprint density at radius 3 is 1.17 bits per heavy atom. The molecule has 0 atom stereocenters. The molecule has 5 aromatic carbocycles. The van der Waals surface area contributed by atoms with E-state index in [1.165, 1.54) is 54.2 Å². The number of aryl methyl sites for hydroxylation is 2. The van der Waals surface area contributed by atoms with Crippen LogP contribution in [0.4, 0.5) is 0 Å². The highest BCUT2D eigenvalue weighted by Gasteiger charge is 2.07. The fourth-order valence-electron chi connectivity index (χ4n) is 3.91. The van der Waals surface area contributed by atoms with Gasteiger partial charge in [-0.05, 0) is 56.9 Å². The minimum Gasteiger partial charge on any atom is -0.0587 e. The van der Waals surface area contributed by atoms with Gasteiger partial charge >= 0.3 is 0 Å². The molecular weight excluding hydrogens is 288 g/mol. The first-order valence-corrected chi connectivity index (χ1v) is 8.46. The summed E-state index contributed by atoms with van der Waals surface area (Å²) in [6.45, 7) is 4.32. The number of benzene rings is 5. The van der Waals surface area contributed by atoms with Gasteiger partial charge in [0, 0.05) is 0 Å². The van der Waals surface area contributed by atoms with E-state index < -0.39 is 0 Å². The highest BCUT2D eigenvalue weighted by Crippen LogP contribution is 2.35. The Balaban J connectivity index is 2.00. The Hall–Kier alpha value is -2.86. The van der Waals surface area contributed by atoms with Crippen molar-refractivity contribution < 1.29 is 0 Å². The first-order chi connectivity index (χ1) is 11.7. The minimum absolute atomic E-state index is 1.31. The predicted octanol–water partition coefficient (Wildman–Crippen LogP) is 6.92. The third-order valence-corrected chi connectivity index (χ3v) is 5.14. The predicted molar refractivity (Wildman–Crippen MR) is 106 cm³/mol. The van der Waals surface area contributed by atoms with Crippen molar-refractivity contribution >= 4 is 43.1 Å². The van der Waals surface area contributed by atoms with Crippen molar-refractivity contribution in [3.63, 3.8) is 0 Å². The maximum Gasteiger partial charge on any atom is -0.00987 e. The first-order valence-electron chi connectivity index (χ1n) is 8.46. The van der Waals surface area contributed by atoms with Crippen molar-refractivity contribution in [1.82, 2.24) is 0 Å². The molecule has 0 heteroatoms. The second-order valence-corrected chi connectivity index (χ2v) is 6.84. The van der Waals surface area contributed by atoms with Gasteiger partial charge in [-0.15, -0.1) is 0 Å². The van der Waals surface area contributed by atoms with E-state index in [4.69, 9.17) is 0 Å². The molecule has 0 aliphatic heterocycles. The molecule has 0 heterocycles. The lowest BCUT2D eigenvalue weighted by molar-refractivity contribution is 1.51. The lowest BCUT2D eigenvalue weighted by Gasteiger charge is -2.11. The fourth-order valence-corrected chi connectivity index (χ4v) is 3.91. The van der Waals surface area contributed by atoms with E-state index in [2.05, 4.69) is 86.6 Å². The van der Waals surface area contributed by atoms with Crippen LogP contribution < -0.4 is 0 Å². The zero-order chi connectivity index (χ0) is 16.3. The van der Waals surface area contributed by atoms with Crippen molar-refractivity contribution in [2.75, 3.05) is 0 Å². The molecule has 5 aromatic rings. The van der Waals surface area contributed by atoms with Crippen molar-refractivity contribution in [3.05, 3.63) is 83.9 Å². The van der Waals surface area contributed by atoms with Crippen LogP contribution in [0.2, 0.25) is 0 Å². The van der Waals surface area contributed by atoms with Gasteiger partial charge in [-0.1, -0.05) is 83.9 Å². The van der Waals surface area contributed by atoms with Crippen LogP contribution in [0.25, 0.3) is 43.1 Å². The Labute approximate surface area is 141 Å². The molecule has 0 spiro atoms. The second-order valence-electron chi connectivity index (χ2n) is 6.84. The Kier molecular flexibility index (Phi) is 2.72. The highest BCUT2D eigenvalue weighted by atomic mass is 14.1. The highest BCUT2D eigenvalue weighted by molar-refractivity contribution is 6.22. The molecule has 0 fully saturated rings. The van der Waals surface area contributed by atoms with Crippen LogP contribution >= 0.6 is 0 Å². The van der Waals surface area contributed by atoms with E-state index in [-0.39, 0.29) is 0 Å². The number of fused-ring (bicyclic) bond motifs is 7. The molecule has 0 aromatic heterocycles. The first kappa shape index (κ1) is 13.6. The molecule has 0 bridgehead atoms. The third kappa shape index (κ3) is 1.86. The molecule has 114 valence electrons. The summed E-state index contributed by atoms with van der Waals surface area (Å²) in [5, 5.41) is 10.7. The van der Waals surface area contributed by atoms with E-state index >= 15 is 0 Å². The summed E-state index contributed by atoms with van der Waals surface area (Å²) in [7, 11) is 0. The molecule has 0 aliphatic carbocycles. The molecule has 0 nitrogen and oxygen atoms in total. The molecule has 0 amide bonds. The van der Waals surface area contributed by atoms with Gasteiger partial charge in [0.25, 0.3) is 0 Å². The zero-order valence-corrected chi connectivity index (χ0v) is 13.9. The van der Waals surface area contributed by atoms with E-state index in [0.29, 0.717) is 0 Å². The summed E-state index contributed by atoms with van der Waals surface area (Å²) in [5.74, 6) is 0. The molecule has 0 N–H and O–H groups in total. The SMILES string of the molecule is Cc1ccc2ccc3c(ccc4c5cc(C)ccc5ccc43)c2c1. The van der Waals surface area contributed by atoms with Gasteiger partial charge in [-0.25, -0.2) is 0 Å². The maximum atomic E-state index is 2.30. The maximum absolute atomic E-state index is 2.30. The quantitative estimate of drug-likeness (QED) is 0.272. The van der Waals surface area contributed by atoms with E-state index in [9.17, 15) is 0 Å². The van der Waals surface area contributed by atoms with Gasteiger partial charge < -0.3 is 0 Å². The lowest BCUT2D eigenvalue weighted by atomic mass is 9.93. The normalized spacial score (nSPS) is 11.8. The molecule has 0 saturated heterocycles. The summed E-state index contributed by atoms with van der Waals surface area (Å²) in [6, 6.07) is 27.0. The van der Waals surface area contributed by atoms with Crippen molar-refractivity contribution in [1.29, 1.82) is 0 Å². The van der Waals surface area contributed by atoms with Crippen molar-refractivity contribution in [2.24, 2.45) is 0 Å². The third-order valence-electron chi connectivity index (χ3n) is 5.14. The summed E-state index contributed by atoms with van der Waals surface area (Å²) >= 11 is 0. The monoisotopic (exact) mass is 306 g/mol. The van der Waals surface area contributed by atoms with Gasteiger partial charge in [0.05, 0.1) is 0 Å². The zero-order valence-electron chi connectivity index (χ0n) is 13.9. The van der Waals surface area contributed by atoms with Crippen molar-refractivity contribution in [2.45, 2.75) is 13.8 Å². The molecule has 0 aliphatic rings. The molecule has 0 radical (unpaired) electrons. The number of hydrogen-bond acceptors (Lipinski definition) is 0. The minimum atomic E-state index is 1.31. The van der Waals surface area contributed by atoms with Crippen LogP contribution in [-0.2, 0) is 0 Å². The van der Waals surface area contributed by atoms with Gasteiger partial charge in [-0.3, -0.25) is 0 Å². The van der Waals surface area contributed by atoms with E-state index in [1.54, 1.807) is 0 Å². The molecule has 24 heavy (non-hydrogen) atoms. The summed E-state index contributed by atoms with van der Waals surface area (Å²) < 4.78 is 0. The van der Waals surface area contributed by atoms with Gasteiger partial charge in [0.15, 0.2) is 0 Å². The standard InChI is InChI=1S/C24H18/c1-15-3-5-17-7-9-19-20-10-8-18-6-4-16(2)14-24(18)22(20)12-11-21(19)23(17)13-15/h3-14H,1-2H3. The van der Waals surface area contributed by atoms with E-state index in [0.717, 1.165) is 0 Å². The molecule has 0 unspecified atom stereocenters. The molecular formula is C24H18. The fraction of sp³-hybridized carbons (Fsp3) is 0.0833. The van der Waals surface area contributed by atoms with Crippen LogP contribution in [0.5, 0.6) is 0 Å². The van der Waals surface area contributed by atoms with Crippen LogP contribution in [-0.4, -0.2) is 0 Å². The van der Waals surface area contributed by atoms with Crippen LogP contribution in [0.3, 0.4) is 0 Å². The molecule has 5 rings (SSSR count). The average Bonchev–Trinajstić information content (AvgIpc) is 2.60. The Bertz CT molecular complexity index is 1160. The average molecular weight is 306 g/mol. The van der Waals surface area contributed by atoms with Gasteiger partial charge in [0.1, 0.15) is 0 Å². The van der Waals surface area contributed by atoms with Crippen LogP contribution in [0, 0.1) is 13.8 Å². The topological polar surface area (TPSA) is 0 Å². The summed E-state index contributed by atoms with van der Waals surface area (Å²) in [5.41, 5.74) is 2.62. The summed E-state index contributed by atoms with van der Waals surface area (Å²) in [6.07, 6.45) is 0.